The number of hydrogen-bond acceptors (Lipinski definition) is 2. The summed E-state index contributed by atoms with van der Waals surface area (Å²) in [5, 5.41) is 8.88. The van der Waals surface area contributed by atoms with E-state index in [9.17, 15) is 13.4 Å². The molecule has 2 rings (SSSR count). The van der Waals surface area contributed by atoms with Gasteiger partial charge in [0.05, 0.1) is 27.0 Å². The minimum absolute atomic E-state index is 0.0782. The van der Waals surface area contributed by atoms with Crippen LogP contribution in [0.4, 0.5) is 4.39 Å². The van der Waals surface area contributed by atoms with Gasteiger partial charge in [-0.05, 0) is 35.9 Å². The largest absolute Gasteiger partial charge is 0.478 e. The van der Waals surface area contributed by atoms with Crippen molar-refractivity contribution in [3.8, 4) is 0 Å². The summed E-state index contributed by atoms with van der Waals surface area (Å²) in [7, 11) is -1.63. The fourth-order valence-corrected chi connectivity index (χ4v) is 3.08. The highest BCUT2D eigenvalue weighted by Crippen LogP contribution is 2.19. The molecule has 0 aliphatic rings. The van der Waals surface area contributed by atoms with Crippen molar-refractivity contribution in [3.05, 3.63) is 63.9 Å². The second-order valence-electron chi connectivity index (χ2n) is 4.07. The van der Waals surface area contributed by atoms with Crippen LogP contribution in [0.2, 0.25) is 0 Å². The summed E-state index contributed by atoms with van der Waals surface area (Å²) in [6.07, 6.45) is 0. The molecule has 2 aromatic rings. The zero-order chi connectivity index (χ0) is 14.7. The Morgan fingerprint density at radius 3 is 2.45 bits per heavy atom. The van der Waals surface area contributed by atoms with Gasteiger partial charge in [-0.1, -0.05) is 28.1 Å². The maximum absolute atomic E-state index is 13.7. The van der Waals surface area contributed by atoms with Crippen molar-refractivity contribution in [3.63, 3.8) is 0 Å². The highest BCUT2D eigenvalue weighted by Gasteiger charge is 2.14. The molecule has 0 amide bonds. The summed E-state index contributed by atoms with van der Waals surface area (Å²) >= 11 is 3.29. The maximum atomic E-state index is 13.7. The summed E-state index contributed by atoms with van der Waals surface area (Å²) in [6, 6.07) is 10.5. The molecule has 20 heavy (non-hydrogen) atoms. The Hall–Kier alpha value is -1.53. The van der Waals surface area contributed by atoms with Gasteiger partial charge < -0.3 is 5.11 Å². The summed E-state index contributed by atoms with van der Waals surface area (Å²) in [4.78, 5) is 10.8. The van der Waals surface area contributed by atoms with Gasteiger partial charge in [0.15, 0.2) is 0 Å². The molecule has 0 radical (unpaired) electrons. The number of rotatable bonds is 4. The van der Waals surface area contributed by atoms with Gasteiger partial charge in [0.25, 0.3) is 0 Å². The van der Waals surface area contributed by atoms with Crippen LogP contribution in [0.1, 0.15) is 15.9 Å². The standard InChI is InChI=1S/C14H10BrFO3S/c15-11-4-1-9(2-5-11)8-20(19)13-7-10(14(17)18)3-6-12(13)16/h1-7H,8H2,(H,17,18). The second-order valence-corrected chi connectivity index (χ2v) is 6.40. The Labute approximate surface area is 126 Å². The van der Waals surface area contributed by atoms with Crippen LogP contribution in [0.25, 0.3) is 0 Å². The molecule has 1 atom stereocenters. The van der Waals surface area contributed by atoms with Crippen LogP contribution < -0.4 is 0 Å². The zero-order valence-electron chi connectivity index (χ0n) is 10.2. The van der Waals surface area contributed by atoms with E-state index < -0.39 is 22.6 Å². The highest BCUT2D eigenvalue weighted by molar-refractivity contribution is 9.10. The molecule has 0 aliphatic carbocycles. The molecule has 0 saturated carbocycles. The monoisotopic (exact) mass is 356 g/mol. The summed E-state index contributed by atoms with van der Waals surface area (Å²) in [5.74, 6) is -1.70. The van der Waals surface area contributed by atoms with Crippen molar-refractivity contribution in [2.75, 3.05) is 0 Å². The minimum atomic E-state index is -1.63. The molecule has 1 N–H and O–H groups in total. The quantitative estimate of drug-likeness (QED) is 0.910. The maximum Gasteiger partial charge on any atom is 0.335 e. The zero-order valence-corrected chi connectivity index (χ0v) is 12.6. The van der Waals surface area contributed by atoms with E-state index in [4.69, 9.17) is 5.11 Å². The number of halogens is 2. The third-order valence-corrected chi connectivity index (χ3v) is 4.56. The Balaban J connectivity index is 2.26. The summed E-state index contributed by atoms with van der Waals surface area (Å²) < 4.78 is 26.7. The predicted octanol–water partition coefficient (Wildman–Crippen LogP) is 3.59. The molecule has 1 unspecified atom stereocenters. The fourth-order valence-electron chi connectivity index (χ4n) is 1.62. The van der Waals surface area contributed by atoms with Crippen molar-refractivity contribution in [2.24, 2.45) is 0 Å². The average Bonchev–Trinajstić information content (AvgIpc) is 2.41. The van der Waals surface area contributed by atoms with Crippen LogP contribution in [0, 0.1) is 5.82 Å². The first-order valence-electron chi connectivity index (χ1n) is 5.63. The Kier molecular flexibility index (Phi) is 4.67. The topological polar surface area (TPSA) is 54.4 Å². The lowest BCUT2D eigenvalue weighted by Gasteiger charge is -2.05. The SMILES string of the molecule is O=C(O)c1ccc(F)c(S(=O)Cc2ccc(Br)cc2)c1. The molecule has 0 spiro atoms. The van der Waals surface area contributed by atoms with Gasteiger partial charge in [-0.15, -0.1) is 0 Å². The van der Waals surface area contributed by atoms with Gasteiger partial charge in [-0.2, -0.15) is 0 Å². The van der Waals surface area contributed by atoms with E-state index in [1.54, 1.807) is 24.3 Å². The van der Waals surface area contributed by atoms with Gasteiger partial charge in [-0.3, -0.25) is 4.21 Å². The molecule has 3 nitrogen and oxygen atoms in total. The first kappa shape index (κ1) is 14.9. The molecule has 0 heterocycles. The molecule has 0 aromatic heterocycles. The molecule has 0 saturated heterocycles. The molecule has 0 fully saturated rings. The minimum Gasteiger partial charge on any atom is -0.478 e. The van der Waals surface area contributed by atoms with Crippen LogP contribution in [0.5, 0.6) is 0 Å². The van der Waals surface area contributed by atoms with Crippen molar-refractivity contribution >= 4 is 32.7 Å². The van der Waals surface area contributed by atoms with Crippen LogP contribution in [0.15, 0.2) is 51.8 Å². The Morgan fingerprint density at radius 2 is 1.85 bits per heavy atom. The molecule has 0 bridgehead atoms. The van der Waals surface area contributed by atoms with E-state index in [1.165, 1.54) is 0 Å². The lowest BCUT2D eigenvalue weighted by atomic mass is 10.2. The number of aromatic carboxylic acids is 1. The van der Waals surface area contributed by atoms with Crippen LogP contribution in [0.3, 0.4) is 0 Å². The molecular formula is C14H10BrFO3S. The molecule has 6 heteroatoms. The third-order valence-electron chi connectivity index (χ3n) is 2.63. The number of carboxylic acids is 1. The van der Waals surface area contributed by atoms with E-state index in [0.717, 1.165) is 28.2 Å². The van der Waals surface area contributed by atoms with E-state index in [0.29, 0.717) is 0 Å². The summed E-state index contributed by atoms with van der Waals surface area (Å²) in [6.45, 7) is 0. The molecular weight excluding hydrogens is 347 g/mol. The molecule has 0 aliphatic heterocycles. The van der Waals surface area contributed by atoms with Gasteiger partial charge in [0.1, 0.15) is 5.82 Å². The first-order valence-corrected chi connectivity index (χ1v) is 7.74. The van der Waals surface area contributed by atoms with Gasteiger partial charge in [0.2, 0.25) is 0 Å². The molecule has 2 aromatic carbocycles. The molecule has 104 valence electrons. The normalized spacial score (nSPS) is 12.1. The van der Waals surface area contributed by atoms with Gasteiger partial charge in [-0.25, -0.2) is 9.18 Å². The number of carbonyl (C=O) groups is 1. The van der Waals surface area contributed by atoms with Crippen molar-refractivity contribution in [1.82, 2.24) is 0 Å². The highest BCUT2D eigenvalue weighted by atomic mass is 79.9. The second kappa shape index (κ2) is 6.28. The number of benzene rings is 2. The van der Waals surface area contributed by atoms with Crippen molar-refractivity contribution in [1.29, 1.82) is 0 Å². The van der Waals surface area contributed by atoms with Gasteiger partial charge in [0, 0.05) is 4.47 Å². The average molecular weight is 357 g/mol. The lowest BCUT2D eigenvalue weighted by molar-refractivity contribution is 0.0696. The smallest absolute Gasteiger partial charge is 0.335 e. The van der Waals surface area contributed by atoms with Crippen LogP contribution in [-0.2, 0) is 16.6 Å². The van der Waals surface area contributed by atoms with Crippen LogP contribution >= 0.6 is 15.9 Å². The summed E-state index contributed by atoms with van der Waals surface area (Å²) in [5.41, 5.74) is 0.706. The van der Waals surface area contributed by atoms with Gasteiger partial charge >= 0.3 is 5.97 Å². The van der Waals surface area contributed by atoms with Crippen molar-refractivity contribution in [2.45, 2.75) is 10.6 Å². The van der Waals surface area contributed by atoms with E-state index in [1.807, 2.05) is 0 Å². The predicted molar refractivity (Wildman–Crippen MR) is 77.6 cm³/mol. The van der Waals surface area contributed by atoms with Crippen molar-refractivity contribution < 1.29 is 18.5 Å². The van der Waals surface area contributed by atoms with E-state index in [-0.39, 0.29) is 16.2 Å². The Morgan fingerprint density at radius 1 is 1.20 bits per heavy atom. The van der Waals surface area contributed by atoms with Crippen LogP contribution in [-0.4, -0.2) is 15.3 Å². The van der Waals surface area contributed by atoms with E-state index >= 15 is 0 Å². The number of hydrogen-bond donors (Lipinski definition) is 1. The van der Waals surface area contributed by atoms with E-state index in [2.05, 4.69) is 15.9 Å². The Bertz CT molecular complexity index is 671. The third kappa shape index (κ3) is 3.52. The number of carboxylic acid groups (broad SMARTS) is 1. The first-order chi connectivity index (χ1) is 9.47. The lowest BCUT2D eigenvalue weighted by Crippen LogP contribution is -2.03. The fraction of sp³-hybridized carbons (Fsp3) is 0.0714.